The van der Waals surface area contributed by atoms with Crippen molar-refractivity contribution in [3.05, 3.63) is 28.2 Å². The summed E-state index contributed by atoms with van der Waals surface area (Å²) in [5, 5.41) is 2.97. The van der Waals surface area contributed by atoms with Crippen LogP contribution in [0.15, 0.2) is 22.7 Å². The molecule has 0 unspecified atom stereocenters. The van der Waals surface area contributed by atoms with E-state index in [2.05, 4.69) is 21.2 Å². The Labute approximate surface area is 105 Å². The minimum atomic E-state index is -0.207. The number of amides is 1. The zero-order valence-electron chi connectivity index (χ0n) is 9.80. The Bertz CT molecular complexity index is 402. The number of nitrogens with one attached hydrogen (secondary N) is 1. The molecule has 0 aliphatic carbocycles. The van der Waals surface area contributed by atoms with Crippen LogP contribution in [0.2, 0.25) is 0 Å². The van der Waals surface area contributed by atoms with Crippen LogP contribution in [0.3, 0.4) is 0 Å². The van der Waals surface area contributed by atoms with E-state index < -0.39 is 0 Å². The van der Waals surface area contributed by atoms with E-state index in [1.54, 1.807) is 18.2 Å². The van der Waals surface area contributed by atoms with Crippen molar-refractivity contribution < 1.29 is 4.79 Å². The standard InChI is InChI=1S/C12H17BrN2O/c1-4-12(2,3)15-11(16)8-6-5-7-9(14)10(8)13/h5-7H,4,14H2,1-3H3,(H,15,16). The molecule has 0 radical (unpaired) electrons. The fourth-order valence-electron chi connectivity index (χ4n) is 1.19. The number of nitrogens with two attached hydrogens (primary N) is 1. The molecule has 0 atom stereocenters. The van der Waals surface area contributed by atoms with Gasteiger partial charge >= 0.3 is 0 Å². The van der Waals surface area contributed by atoms with Crippen LogP contribution in [0, 0.1) is 0 Å². The predicted octanol–water partition coefficient (Wildman–Crippen LogP) is 2.95. The highest BCUT2D eigenvalue weighted by Gasteiger charge is 2.20. The third-order valence-electron chi connectivity index (χ3n) is 2.61. The molecule has 1 amide bonds. The van der Waals surface area contributed by atoms with Crippen LogP contribution in [0.5, 0.6) is 0 Å². The summed E-state index contributed by atoms with van der Waals surface area (Å²) in [6, 6.07) is 5.28. The first kappa shape index (κ1) is 13.0. The van der Waals surface area contributed by atoms with E-state index in [1.165, 1.54) is 0 Å². The fourth-order valence-corrected chi connectivity index (χ4v) is 1.63. The van der Waals surface area contributed by atoms with Gasteiger partial charge in [-0.15, -0.1) is 0 Å². The quantitative estimate of drug-likeness (QED) is 0.839. The summed E-state index contributed by atoms with van der Waals surface area (Å²) in [6.45, 7) is 6.02. The van der Waals surface area contributed by atoms with Gasteiger partial charge in [-0.1, -0.05) is 13.0 Å². The molecule has 0 saturated heterocycles. The van der Waals surface area contributed by atoms with E-state index in [4.69, 9.17) is 5.73 Å². The van der Waals surface area contributed by atoms with E-state index in [0.29, 0.717) is 15.7 Å². The number of nitrogen functional groups attached to an aromatic ring is 1. The molecule has 88 valence electrons. The molecule has 1 aromatic rings. The summed E-state index contributed by atoms with van der Waals surface area (Å²) in [7, 11) is 0. The van der Waals surface area contributed by atoms with E-state index >= 15 is 0 Å². The number of halogens is 1. The smallest absolute Gasteiger partial charge is 0.252 e. The van der Waals surface area contributed by atoms with Crippen molar-refractivity contribution in [2.45, 2.75) is 32.7 Å². The predicted molar refractivity (Wildman–Crippen MR) is 70.4 cm³/mol. The van der Waals surface area contributed by atoms with Gasteiger partial charge in [0.1, 0.15) is 0 Å². The van der Waals surface area contributed by atoms with Crippen molar-refractivity contribution in [1.29, 1.82) is 0 Å². The Morgan fingerprint density at radius 1 is 1.50 bits per heavy atom. The first-order valence-electron chi connectivity index (χ1n) is 5.24. The lowest BCUT2D eigenvalue weighted by atomic mass is 10.0. The Balaban J connectivity index is 2.94. The number of anilines is 1. The molecule has 3 N–H and O–H groups in total. The van der Waals surface area contributed by atoms with Crippen LogP contribution in [0.1, 0.15) is 37.6 Å². The highest BCUT2D eigenvalue weighted by molar-refractivity contribution is 9.10. The topological polar surface area (TPSA) is 55.1 Å². The molecular formula is C12H17BrN2O. The van der Waals surface area contributed by atoms with Gasteiger partial charge in [0.25, 0.3) is 5.91 Å². The Hall–Kier alpha value is -1.03. The summed E-state index contributed by atoms with van der Waals surface area (Å²) >= 11 is 3.32. The molecule has 0 aliphatic rings. The average Bonchev–Trinajstić information content (AvgIpc) is 2.21. The van der Waals surface area contributed by atoms with Crippen LogP contribution in [0.4, 0.5) is 5.69 Å². The highest BCUT2D eigenvalue weighted by atomic mass is 79.9. The minimum absolute atomic E-state index is 0.106. The molecule has 0 bridgehead atoms. The molecule has 4 heteroatoms. The van der Waals surface area contributed by atoms with E-state index in [-0.39, 0.29) is 11.4 Å². The monoisotopic (exact) mass is 284 g/mol. The number of carbonyl (C=O) groups is 1. The maximum Gasteiger partial charge on any atom is 0.252 e. The van der Waals surface area contributed by atoms with Gasteiger partial charge in [0.15, 0.2) is 0 Å². The van der Waals surface area contributed by atoms with Gasteiger partial charge in [0, 0.05) is 11.2 Å². The molecule has 0 saturated carbocycles. The van der Waals surface area contributed by atoms with Crippen LogP contribution in [-0.4, -0.2) is 11.4 Å². The van der Waals surface area contributed by atoms with Gasteiger partial charge in [0.2, 0.25) is 0 Å². The Kier molecular flexibility index (Phi) is 3.97. The van der Waals surface area contributed by atoms with Crippen molar-refractivity contribution >= 4 is 27.5 Å². The number of hydrogen-bond donors (Lipinski definition) is 2. The molecule has 0 aromatic heterocycles. The summed E-state index contributed by atoms with van der Waals surface area (Å²) in [5.74, 6) is -0.106. The molecular weight excluding hydrogens is 268 g/mol. The van der Waals surface area contributed by atoms with Crippen LogP contribution >= 0.6 is 15.9 Å². The van der Waals surface area contributed by atoms with Crippen molar-refractivity contribution in [3.63, 3.8) is 0 Å². The zero-order valence-corrected chi connectivity index (χ0v) is 11.4. The highest BCUT2D eigenvalue weighted by Crippen LogP contribution is 2.24. The molecule has 3 nitrogen and oxygen atoms in total. The molecule has 0 heterocycles. The SMILES string of the molecule is CCC(C)(C)NC(=O)c1cccc(N)c1Br. The normalized spacial score (nSPS) is 11.2. The lowest BCUT2D eigenvalue weighted by Crippen LogP contribution is -2.42. The summed E-state index contributed by atoms with van der Waals surface area (Å²) in [4.78, 5) is 12.0. The fraction of sp³-hybridized carbons (Fsp3) is 0.417. The Morgan fingerprint density at radius 3 is 2.69 bits per heavy atom. The van der Waals surface area contributed by atoms with Crippen molar-refractivity contribution in [3.8, 4) is 0 Å². The van der Waals surface area contributed by atoms with Crippen LogP contribution in [0.25, 0.3) is 0 Å². The molecule has 0 fully saturated rings. The van der Waals surface area contributed by atoms with E-state index in [9.17, 15) is 4.79 Å². The molecule has 1 aromatic carbocycles. The second-order valence-electron chi connectivity index (χ2n) is 4.40. The summed E-state index contributed by atoms with van der Waals surface area (Å²) < 4.78 is 0.652. The molecule has 0 spiro atoms. The lowest BCUT2D eigenvalue weighted by Gasteiger charge is -2.24. The second-order valence-corrected chi connectivity index (χ2v) is 5.19. The molecule has 1 rings (SSSR count). The Morgan fingerprint density at radius 2 is 2.12 bits per heavy atom. The van der Waals surface area contributed by atoms with Gasteiger partial charge in [-0.25, -0.2) is 0 Å². The number of benzene rings is 1. The molecule has 16 heavy (non-hydrogen) atoms. The van der Waals surface area contributed by atoms with Crippen LogP contribution in [-0.2, 0) is 0 Å². The van der Waals surface area contributed by atoms with Crippen molar-refractivity contribution in [2.24, 2.45) is 0 Å². The van der Waals surface area contributed by atoms with Crippen molar-refractivity contribution in [2.75, 3.05) is 5.73 Å². The first-order chi connectivity index (χ1) is 7.37. The largest absolute Gasteiger partial charge is 0.398 e. The maximum absolute atomic E-state index is 12.0. The minimum Gasteiger partial charge on any atom is -0.398 e. The average molecular weight is 285 g/mol. The van der Waals surface area contributed by atoms with Crippen molar-refractivity contribution in [1.82, 2.24) is 5.32 Å². The zero-order chi connectivity index (χ0) is 12.3. The van der Waals surface area contributed by atoms with Gasteiger partial charge < -0.3 is 11.1 Å². The first-order valence-corrected chi connectivity index (χ1v) is 6.03. The van der Waals surface area contributed by atoms with Crippen LogP contribution < -0.4 is 11.1 Å². The van der Waals surface area contributed by atoms with E-state index in [1.807, 2.05) is 20.8 Å². The number of rotatable bonds is 3. The number of carbonyl (C=O) groups excluding carboxylic acids is 1. The number of hydrogen-bond acceptors (Lipinski definition) is 2. The van der Waals surface area contributed by atoms with Gasteiger partial charge in [0.05, 0.1) is 10.0 Å². The molecule has 0 aliphatic heterocycles. The van der Waals surface area contributed by atoms with Gasteiger partial charge in [-0.2, -0.15) is 0 Å². The third-order valence-corrected chi connectivity index (χ3v) is 3.49. The van der Waals surface area contributed by atoms with E-state index in [0.717, 1.165) is 6.42 Å². The summed E-state index contributed by atoms with van der Waals surface area (Å²) in [6.07, 6.45) is 0.874. The third kappa shape index (κ3) is 2.98. The van der Waals surface area contributed by atoms with Gasteiger partial charge in [-0.3, -0.25) is 4.79 Å². The van der Waals surface area contributed by atoms with Gasteiger partial charge in [-0.05, 0) is 48.3 Å². The maximum atomic E-state index is 12.0. The summed E-state index contributed by atoms with van der Waals surface area (Å²) in [5.41, 5.74) is 6.66. The second kappa shape index (κ2) is 4.87. The lowest BCUT2D eigenvalue weighted by molar-refractivity contribution is 0.0910.